The number of rotatable bonds is 4. The largest absolute Gasteiger partial charge is 0.355 e. The first-order valence-electron chi connectivity index (χ1n) is 15.4. The van der Waals surface area contributed by atoms with Gasteiger partial charge in [-0.05, 0) is 36.4 Å². The number of para-hydroxylation sites is 2. The van der Waals surface area contributed by atoms with Crippen molar-refractivity contribution < 1.29 is 0 Å². The van der Waals surface area contributed by atoms with Crippen LogP contribution in [0.4, 0.5) is 22.7 Å². The molecule has 228 valence electrons. The van der Waals surface area contributed by atoms with E-state index in [1.807, 2.05) is 60.7 Å². The van der Waals surface area contributed by atoms with Gasteiger partial charge in [0.15, 0.2) is 21.7 Å². The molecule has 8 nitrogen and oxygen atoms in total. The molecule has 48 heavy (non-hydrogen) atoms. The normalized spacial score (nSPS) is 11.7. The first kappa shape index (κ1) is 27.5. The highest BCUT2D eigenvalue weighted by Crippen LogP contribution is 2.35. The van der Waals surface area contributed by atoms with Gasteiger partial charge in [0, 0.05) is 32.9 Å². The molecule has 9 aromatic rings. The summed E-state index contributed by atoms with van der Waals surface area (Å²) in [5.41, 5.74) is 2.95. The molecule has 0 radical (unpaired) electrons. The Morgan fingerprint density at radius 1 is 0.375 bits per heavy atom. The van der Waals surface area contributed by atoms with Crippen LogP contribution in [-0.4, -0.2) is 9.97 Å². The van der Waals surface area contributed by atoms with Gasteiger partial charge in [0.2, 0.25) is 0 Å². The number of aromatic amines is 2. The molecule has 0 saturated carbocycles. The van der Waals surface area contributed by atoms with Gasteiger partial charge in [0.05, 0.1) is 55.0 Å². The highest BCUT2D eigenvalue weighted by molar-refractivity contribution is 6.19. The predicted octanol–water partition coefficient (Wildman–Crippen LogP) is 7.63. The molecule has 8 heteroatoms. The van der Waals surface area contributed by atoms with Crippen LogP contribution < -0.4 is 32.3 Å². The van der Waals surface area contributed by atoms with Gasteiger partial charge in [0.25, 0.3) is 0 Å². The van der Waals surface area contributed by atoms with Crippen molar-refractivity contribution in [1.82, 2.24) is 9.97 Å². The number of anilines is 4. The minimum Gasteiger partial charge on any atom is -0.355 e. The lowest BCUT2D eigenvalue weighted by atomic mass is 9.97. The van der Waals surface area contributed by atoms with Crippen LogP contribution in [0.5, 0.6) is 0 Å². The van der Waals surface area contributed by atoms with Crippen LogP contribution in [0.25, 0.3) is 65.2 Å². The first-order valence-corrected chi connectivity index (χ1v) is 15.4. The van der Waals surface area contributed by atoms with Gasteiger partial charge >= 0.3 is 0 Å². The van der Waals surface area contributed by atoms with Gasteiger partial charge in [-0.25, -0.2) is 0 Å². The smallest absolute Gasteiger partial charge is 0.196 e. The lowest BCUT2D eigenvalue weighted by Crippen LogP contribution is -2.16. The van der Waals surface area contributed by atoms with Crippen molar-refractivity contribution in [2.45, 2.75) is 0 Å². The van der Waals surface area contributed by atoms with E-state index in [1.54, 1.807) is 60.7 Å². The van der Waals surface area contributed by atoms with Crippen LogP contribution in [0.2, 0.25) is 0 Å². The number of H-pyrrole nitrogens is 2. The molecular weight excluding hydrogens is 600 g/mol. The van der Waals surface area contributed by atoms with E-state index in [4.69, 9.17) is 0 Å². The van der Waals surface area contributed by atoms with E-state index < -0.39 is 0 Å². The Labute approximate surface area is 270 Å². The summed E-state index contributed by atoms with van der Waals surface area (Å²) >= 11 is 0. The summed E-state index contributed by atoms with van der Waals surface area (Å²) in [4.78, 5) is 63.5. The molecule has 0 amide bonds. The lowest BCUT2D eigenvalue weighted by Gasteiger charge is -2.16. The molecule has 0 aliphatic rings. The number of benzene rings is 8. The first-order chi connectivity index (χ1) is 23.5. The van der Waals surface area contributed by atoms with Crippen LogP contribution in [0.3, 0.4) is 0 Å². The quantitative estimate of drug-likeness (QED) is 0.118. The fourth-order valence-electron chi connectivity index (χ4n) is 6.87. The molecule has 8 aromatic carbocycles. The molecule has 4 N–H and O–H groups in total. The van der Waals surface area contributed by atoms with Gasteiger partial charge in [-0.3, -0.25) is 19.2 Å². The van der Waals surface area contributed by atoms with Gasteiger partial charge in [0.1, 0.15) is 0 Å². The van der Waals surface area contributed by atoms with Crippen LogP contribution in [0.15, 0.2) is 141 Å². The van der Waals surface area contributed by atoms with E-state index in [9.17, 15) is 19.2 Å². The number of aromatic nitrogens is 2. The maximum atomic E-state index is 14.3. The van der Waals surface area contributed by atoms with Crippen molar-refractivity contribution >= 4 is 87.9 Å². The van der Waals surface area contributed by atoms with E-state index in [0.29, 0.717) is 55.0 Å². The summed E-state index contributed by atoms with van der Waals surface area (Å²) in [5.74, 6) is 0. The monoisotopic (exact) mass is 624 g/mol. The van der Waals surface area contributed by atoms with Crippen molar-refractivity contribution in [2.75, 3.05) is 10.6 Å². The third-order valence-corrected chi connectivity index (χ3v) is 9.02. The third-order valence-electron chi connectivity index (χ3n) is 9.02. The standard InChI is InChI=1S/C40H24N4O4/c45-37-23-15-7-9-17-25(23)39(47)33-31(37)27(41-21-11-3-1-4-12-21)19-29-35(33)44-30-20-28(42-22-13-5-2-6-14-22)32-34(36(30)43-29)40(48)26-18-10-8-16-24(26)38(32)46/h1-20,41-44H. The lowest BCUT2D eigenvalue weighted by molar-refractivity contribution is 1.41. The molecule has 1 heterocycles. The summed E-state index contributed by atoms with van der Waals surface area (Å²) in [6, 6.07) is 35.9. The minimum absolute atomic E-state index is 0.218. The average molecular weight is 625 g/mol. The highest BCUT2D eigenvalue weighted by Gasteiger charge is 2.22. The minimum atomic E-state index is -0.299. The van der Waals surface area contributed by atoms with Crippen molar-refractivity contribution in [2.24, 2.45) is 0 Å². The maximum Gasteiger partial charge on any atom is 0.196 e. The van der Waals surface area contributed by atoms with Crippen molar-refractivity contribution in [3.05, 3.63) is 162 Å². The van der Waals surface area contributed by atoms with Crippen LogP contribution in [0.1, 0.15) is 0 Å². The molecular formula is C40H24N4O4. The van der Waals surface area contributed by atoms with Crippen molar-refractivity contribution in [1.29, 1.82) is 0 Å². The molecule has 0 aliphatic carbocycles. The Morgan fingerprint density at radius 3 is 1.04 bits per heavy atom. The molecule has 0 aliphatic heterocycles. The molecule has 0 atom stereocenters. The molecule has 0 spiro atoms. The van der Waals surface area contributed by atoms with E-state index in [1.165, 1.54) is 0 Å². The summed E-state index contributed by atoms with van der Waals surface area (Å²) in [5, 5.41) is 8.92. The fourth-order valence-corrected chi connectivity index (χ4v) is 6.87. The number of fused-ring (bicyclic) bond motifs is 8. The van der Waals surface area contributed by atoms with Gasteiger partial charge in [-0.15, -0.1) is 0 Å². The molecule has 0 bridgehead atoms. The van der Waals surface area contributed by atoms with E-state index in [0.717, 1.165) is 11.4 Å². The van der Waals surface area contributed by atoms with Crippen LogP contribution in [-0.2, 0) is 0 Å². The SMILES string of the molecule is O=c1c2ccccc2c(=O)c2c1c(Nc1ccccc1)cc1[nH]c3c(cc(Nc4ccccc4)c4c(=O)c5ccccc5c(=O)c43)[nH]c12. The zero-order valence-corrected chi connectivity index (χ0v) is 25.2. The zero-order valence-electron chi connectivity index (χ0n) is 25.2. The maximum absolute atomic E-state index is 14.3. The van der Waals surface area contributed by atoms with Crippen molar-refractivity contribution in [3.8, 4) is 0 Å². The fraction of sp³-hybridized carbons (Fsp3) is 0. The van der Waals surface area contributed by atoms with E-state index >= 15 is 0 Å². The second kappa shape index (κ2) is 10.4. The van der Waals surface area contributed by atoms with E-state index in [2.05, 4.69) is 20.6 Å². The summed E-state index contributed by atoms with van der Waals surface area (Å²) in [6.07, 6.45) is 0. The average Bonchev–Trinajstić information content (AvgIpc) is 3.12. The van der Waals surface area contributed by atoms with Gasteiger partial charge in [-0.2, -0.15) is 0 Å². The second-order valence-electron chi connectivity index (χ2n) is 11.8. The van der Waals surface area contributed by atoms with Gasteiger partial charge < -0.3 is 20.6 Å². The summed E-state index contributed by atoms with van der Waals surface area (Å²) < 4.78 is 0. The molecule has 1 aromatic heterocycles. The number of hydrogen-bond acceptors (Lipinski definition) is 6. The Kier molecular flexibility index (Phi) is 5.94. The van der Waals surface area contributed by atoms with Crippen LogP contribution >= 0.6 is 0 Å². The Morgan fingerprint density at radius 2 is 0.688 bits per heavy atom. The van der Waals surface area contributed by atoms with Crippen molar-refractivity contribution in [3.63, 3.8) is 0 Å². The zero-order chi connectivity index (χ0) is 32.5. The summed E-state index contributed by atoms with van der Waals surface area (Å²) in [6.45, 7) is 0. The molecule has 0 unspecified atom stereocenters. The number of hydrogen-bond donors (Lipinski definition) is 4. The van der Waals surface area contributed by atoms with Crippen LogP contribution in [0, 0.1) is 0 Å². The van der Waals surface area contributed by atoms with Gasteiger partial charge in [-0.1, -0.05) is 84.9 Å². The predicted molar refractivity (Wildman–Crippen MR) is 196 cm³/mol. The third kappa shape index (κ3) is 4.03. The topological polar surface area (TPSA) is 124 Å². The Hall–Kier alpha value is -6.80. The molecule has 0 fully saturated rings. The highest BCUT2D eigenvalue weighted by atomic mass is 16.1. The Balaban J connectivity index is 1.47. The molecule has 9 rings (SSSR count). The number of nitrogens with one attached hydrogen (secondary N) is 4. The Bertz CT molecular complexity index is 2820. The van der Waals surface area contributed by atoms with E-state index in [-0.39, 0.29) is 43.3 Å². The second-order valence-corrected chi connectivity index (χ2v) is 11.8. The molecule has 0 saturated heterocycles. The summed E-state index contributed by atoms with van der Waals surface area (Å²) in [7, 11) is 0.